The van der Waals surface area contributed by atoms with Crippen LogP contribution in [0.15, 0.2) is 54.6 Å². The van der Waals surface area contributed by atoms with Crippen LogP contribution in [0.2, 0.25) is 0 Å². The van der Waals surface area contributed by atoms with E-state index >= 15 is 0 Å². The molecule has 3 aromatic rings. The first-order valence-electron chi connectivity index (χ1n) is 6.13. The van der Waals surface area contributed by atoms with Crippen LogP contribution in [0.3, 0.4) is 0 Å². The zero-order valence-corrected chi connectivity index (χ0v) is 10.4. The van der Waals surface area contributed by atoms with Crippen molar-refractivity contribution in [3.05, 3.63) is 60.4 Å². The Labute approximate surface area is 112 Å². The van der Waals surface area contributed by atoms with E-state index in [2.05, 4.69) is 28.0 Å². The molecule has 0 unspecified atom stereocenters. The minimum atomic E-state index is 0.449. The Balaban J connectivity index is 2.30. The number of terminal acetylenes is 1. The fourth-order valence-corrected chi connectivity index (χ4v) is 2.11. The van der Waals surface area contributed by atoms with Crippen molar-refractivity contribution in [3.8, 4) is 23.6 Å². The number of nitrogens with zero attached hydrogens (tertiary/aromatic N) is 2. The van der Waals surface area contributed by atoms with Crippen LogP contribution in [-0.4, -0.2) is 9.97 Å². The lowest BCUT2D eigenvalue weighted by molar-refractivity contribution is 1.04. The van der Waals surface area contributed by atoms with Crippen LogP contribution in [0.1, 0.15) is 5.82 Å². The number of hydrogen-bond acceptors (Lipinski definition) is 2. The van der Waals surface area contributed by atoms with Crippen LogP contribution in [0.25, 0.3) is 22.2 Å². The SMILES string of the molecule is C#CCc1nc(-c2ccccc2)c2ccccc2n1. The van der Waals surface area contributed by atoms with Gasteiger partial charge in [-0.05, 0) is 6.07 Å². The second kappa shape index (κ2) is 4.91. The molecule has 0 aliphatic carbocycles. The van der Waals surface area contributed by atoms with Gasteiger partial charge in [-0.3, -0.25) is 0 Å². The molecule has 2 heteroatoms. The predicted molar refractivity (Wildman–Crippen MR) is 77.5 cm³/mol. The summed E-state index contributed by atoms with van der Waals surface area (Å²) in [7, 11) is 0. The van der Waals surface area contributed by atoms with Crippen molar-refractivity contribution in [2.45, 2.75) is 6.42 Å². The van der Waals surface area contributed by atoms with Gasteiger partial charge in [-0.1, -0.05) is 54.5 Å². The number of hydrogen-bond donors (Lipinski definition) is 0. The van der Waals surface area contributed by atoms with Crippen molar-refractivity contribution in [1.29, 1.82) is 0 Å². The Hall–Kier alpha value is -2.66. The van der Waals surface area contributed by atoms with Gasteiger partial charge in [0, 0.05) is 10.9 Å². The average Bonchev–Trinajstić information content (AvgIpc) is 2.48. The van der Waals surface area contributed by atoms with Gasteiger partial charge in [0.05, 0.1) is 17.6 Å². The fraction of sp³-hybridized carbons (Fsp3) is 0.0588. The van der Waals surface area contributed by atoms with Crippen molar-refractivity contribution in [2.75, 3.05) is 0 Å². The molecule has 0 bridgehead atoms. The first-order valence-corrected chi connectivity index (χ1v) is 6.13. The van der Waals surface area contributed by atoms with Crippen molar-refractivity contribution >= 4 is 10.9 Å². The van der Waals surface area contributed by atoms with E-state index in [0.29, 0.717) is 12.2 Å². The van der Waals surface area contributed by atoms with Gasteiger partial charge in [-0.15, -0.1) is 6.42 Å². The van der Waals surface area contributed by atoms with Gasteiger partial charge in [-0.25, -0.2) is 9.97 Å². The van der Waals surface area contributed by atoms with Crippen LogP contribution < -0.4 is 0 Å². The molecule has 1 heterocycles. The molecule has 1 aromatic heterocycles. The molecule has 0 amide bonds. The number of para-hydroxylation sites is 1. The van der Waals surface area contributed by atoms with E-state index in [-0.39, 0.29) is 0 Å². The number of fused-ring (bicyclic) bond motifs is 1. The molecule has 0 spiro atoms. The maximum absolute atomic E-state index is 5.36. The monoisotopic (exact) mass is 244 g/mol. The van der Waals surface area contributed by atoms with Crippen LogP contribution in [0.5, 0.6) is 0 Å². The molecular formula is C17H12N2. The quantitative estimate of drug-likeness (QED) is 0.645. The van der Waals surface area contributed by atoms with E-state index in [0.717, 1.165) is 22.2 Å². The molecule has 3 rings (SSSR count). The van der Waals surface area contributed by atoms with Crippen molar-refractivity contribution in [3.63, 3.8) is 0 Å². The topological polar surface area (TPSA) is 25.8 Å². The summed E-state index contributed by atoms with van der Waals surface area (Å²) in [5.41, 5.74) is 2.96. The molecule has 0 N–H and O–H groups in total. The van der Waals surface area contributed by atoms with Gasteiger partial charge in [0.25, 0.3) is 0 Å². The summed E-state index contributed by atoms with van der Waals surface area (Å²) in [5, 5.41) is 1.05. The molecule has 90 valence electrons. The smallest absolute Gasteiger partial charge is 0.141 e. The molecule has 0 aliphatic rings. The molecule has 0 atom stereocenters. The van der Waals surface area contributed by atoms with Crippen molar-refractivity contribution < 1.29 is 0 Å². The number of benzene rings is 2. The van der Waals surface area contributed by atoms with E-state index in [4.69, 9.17) is 6.42 Å². The maximum Gasteiger partial charge on any atom is 0.141 e. The molecule has 0 aliphatic heterocycles. The fourth-order valence-electron chi connectivity index (χ4n) is 2.11. The minimum absolute atomic E-state index is 0.449. The number of aromatic nitrogens is 2. The Kier molecular flexibility index (Phi) is 2.96. The predicted octanol–water partition coefficient (Wildman–Crippen LogP) is 3.47. The summed E-state index contributed by atoms with van der Waals surface area (Å²) in [6.45, 7) is 0. The second-order valence-electron chi connectivity index (χ2n) is 4.25. The van der Waals surface area contributed by atoms with Crippen LogP contribution in [-0.2, 0) is 6.42 Å². The summed E-state index contributed by atoms with van der Waals surface area (Å²) in [6, 6.07) is 18.1. The zero-order valence-electron chi connectivity index (χ0n) is 10.4. The van der Waals surface area contributed by atoms with Crippen LogP contribution >= 0.6 is 0 Å². The van der Waals surface area contributed by atoms with Gasteiger partial charge < -0.3 is 0 Å². The van der Waals surface area contributed by atoms with Crippen LogP contribution in [0.4, 0.5) is 0 Å². The highest BCUT2D eigenvalue weighted by molar-refractivity contribution is 5.92. The molecule has 0 saturated heterocycles. The van der Waals surface area contributed by atoms with Gasteiger partial charge >= 0.3 is 0 Å². The lowest BCUT2D eigenvalue weighted by Crippen LogP contribution is -1.97. The summed E-state index contributed by atoms with van der Waals surface area (Å²) in [5.74, 6) is 3.30. The highest BCUT2D eigenvalue weighted by atomic mass is 14.9. The Morgan fingerprint density at radius 2 is 1.63 bits per heavy atom. The first-order chi connectivity index (χ1) is 9.38. The van der Waals surface area contributed by atoms with Gasteiger partial charge in [0.2, 0.25) is 0 Å². The maximum atomic E-state index is 5.36. The highest BCUT2D eigenvalue weighted by Crippen LogP contribution is 2.25. The van der Waals surface area contributed by atoms with Crippen molar-refractivity contribution in [2.24, 2.45) is 0 Å². The molecule has 2 nitrogen and oxygen atoms in total. The Morgan fingerprint density at radius 1 is 0.895 bits per heavy atom. The van der Waals surface area contributed by atoms with E-state index in [1.807, 2.05) is 42.5 Å². The third kappa shape index (κ3) is 2.19. The van der Waals surface area contributed by atoms with Crippen molar-refractivity contribution in [1.82, 2.24) is 9.97 Å². The van der Waals surface area contributed by atoms with E-state index in [1.165, 1.54) is 0 Å². The summed E-state index contributed by atoms with van der Waals surface area (Å²) >= 11 is 0. The van der Waals surface area contributed by atoms with E-state index in [9.17, 15) is 0 Å². The lowest BCUT2D eigenvalue weighted by Gasteiger charge is -2.07. The molecule has 0 radical (unpaired) electrons. The van der Waals surface area contributed by atoms with E-state index in [1.54, 1.807) is 0 Å². The largest absolute Gasteiger partial charge is 0.232 e. The standard InChI is InChI=1S/C17H12N2/c1-2-8-16-18-15-12-7-6-11-14(15)17(19-16)13-9-4-3-5-10-13/h1,3-7,9-12H,8H2. The third-order valence-corrected chi connectivity index (χ3v) is 2.96. The summed E-state index contributed by atoms with van der Waals surface area (Å²) in [6.07, 6.45) is 5.81. The lowest BCUT2D eigenvalue weighted by atomic mass is 10.1. The second-order valence-corrected chi connectivity index (χ2v) is 4.25. The highest BCUT2D eigenvalue weighted by Gasteiger charge is 2.08. The Morgan fingerprint density at radius 3 is 2.42 bits per heavy atom. The first kappa shape index (κ1) is 11.4. The van der Waals surface area contributed by atoms with Gasteiger partial charge in [0.15, 0.2) is 0 Å². The van der Waals surface area contributed by atoms with Gasteiger partial charge in [-0.2, -0.15) is 0 Å². The zero-order chi connectivity index (χ0) is 13.1. The number of rotatable bonds is 2. The Bertz CT molecular complexity index is 755. The normalized spacial score (nSPS) is 10.3. The molecule has 0 fully saturated rings. The molecule has 2 aromatic carbocycles. The minimum Gasteiger partial charge on any atom is -0.232 e. The molecular weight excluding hydrogens is 232 g/mol. The summed E-state index contributed by atoms with van der Waals surface area (Å²) in [4.78, 5) is 9.10. The average molecular weight is 244 g/mol. The molecule has 0 saturated carbocycles. The van der Waals surface area contributed by atoms with Gasteiger partial charge in [0.1, 0.15) is 5.82 Å². The third-order valence-electron chi connectivity index (χ3n) is 2.96. The molecule has 19 heavy (non-hydrogen) atoms. The summed E-state index contributed by atoms with van der Waals surface area (Å²) < 4.78 is 0. The van der Waals surface area contributed by atoms with E-state index < -0.39 is 0 Å². The van der Waals surface area contributed by atoms with Crippen LogP contribution in [0, 0.1) is 12.3 Å².